The highest BCUT2D eigenvalue weighted by atomic mass is 16.5. The van der Waals surface area contributed by atoms with E-state index in [1.807, 2.05) is 6.92 Å². The SMILES string of the molecule is CCOc1ccc(C(=O)NCC(=O)N/N=C/c2cc(OC)c(OC)c(OC)c2)cc1. The minimum Gasteiger partial charge on any atom is -0.494 e. The minimum absolute atomic E-state index is 0.224. The summed E-state index contributed by atoms with van der Waals surface area (Å²) < 4.78 is 21.1. The van der Waals surface area contributed by atoms with Crippen LogP contribution in [0.4, 0.5) is 0 Å². The highest BCUT2D eigenvalue weighted by Crippen LogP contribution is 2.37. The molecule has 0 aliphatic rings. The summed E-state index contributed by atoms with van der Waals surface area (Å²) in [7, 11) is 4.52. The van der Waals surface area contributed by atoms with E-state index in [-0.39, 0.29) is 12.5 Å². The van der Waals surface area contributed by atoms with Crippen molar-refractivity contribution in [2.24, 2.45) is 5.10 Å². The lowest BCUT2D eigenvalue weighted by Crippen LogP contribution is -2.34. The number of hydrazone groups is 1. The number of ether oxygens (including phenoxy) is 4. The fraction of sp³-hybridized carbons (Fsp3) is 0.286. The van der Waals surface area contributed by atoms with Crippen molar-refractivity contribution in [2.75, 3.05) is 34.5 Å². The van der Waals surface area contributed by atoms with Crippen molar-refractivity contribution in [3.05, 3.63) is 47.5 Å². The largest absolute Gasteiger partial charge is 0.494 e. The molecule has 0 aliphatic heterocycles. The van der Waals surface area contributed by atoms with Crippen LogP contribution in [-0.2, 0) is 4.79 Å². The van der Waals surface area contributed by atoms with Crippen molar-refractivity contribution in [1.82, 2.24) is 10.7 Å². The van der Waals surface area contributed by atoms with Crippen molar-refractivity contribution >= 4 is 18.0 Å². The lowest BCUT2D eigenvalue weighted by molar-refractivity contribution is -0.120. The van der Waals surface area contributed by atoms with Crippen LogP contribution in [0.3, 0.4) is 0 Å². The monoisotopic (exact) mass is 415 g/mol. The van der Waals surface area contributed by atoms with E-state index in [1.54, 1.807) is 36.4 Å². The summed E-state index contributed by atoms with van der Waals surface area (Å²) in [5.41, 5.74) is 3.40. The maximum absolute atomic E-state index is 12.1. The van der Waals surface area contributed by atoms with E-state index in [0.29, 0.717) is 40.7 Å². The standard InChI is InChI=1S/C21H25N3O6/c1-5-30-16-8-6-15(7-9-16)21(26)22-13-19(25)24-23-12-14-10-17(27-2)20(29-4)18(11-14)28-3/h6-12H,5,13H2,1-4H3,(H,22,26)(H,24,25)/b23-12+. The quantitative estimate of drug-likeness (QED) is 0.454. The fourth-order valence-electron chi connectivity index (χ4n) is 2.53. The van der Waals surface area contributed by atoms with Gasteiger partial charge in [-0.15, -0.1) is 0 Å². The van der Waals surface area contributed by atoms with Crippen LogP contribution in [0.2, 0.25) is 0 Å². The highest BCUT2D eigenvalue weighted by Gasteiger charge is 2.12. The number of benzene rings is 2. The smallest absolute Gasteiger partial charge is 0.259 e. The average molecular weight is 415 g/mol. The molecule has 2 N–H and O–H groups in total. The zero-order valence-electron chi connectivity index (χ0n) is 17.4. The van der Waals surface area contributed by atoms with Gasteiger partial charge in [0.05, 0.1) is 40.7 Å². The van der Waals surface area contributed by atoms with Crippen LogP contribution in [0.15, 0.2) is 41.5 Å². The molecule has 9 heteroatoms. The topological polar surface area (TPSA) is 107 Å². The fourth-order valence-corrected chi connectivity index (χ4v) is 2.53. The minimum atomic E-state index is -0.474. The van der Waals surface area contributed by atoms with Crippen molar-refractivity contribution in [2.45, 2.75) is 6.92 Å². The van der Waals surface area contributed by atoms with Gasteiger partial charge in [-0.2, -0.15) is 5.10 Å². The van der Waals surface area contributed by atoms with Gasteiger partial charge in [-0.1, -0.05) is 0 Å². The molecular weight excluding hydrogens is 390 g/mol. The van der Waals surface area contributed by atoms with E-state index in [4.69, 9.17) is 18.9 Å². The van der Waals surface area contributed by atoms with Crippen molar-refractivity contribution < 1.29 is 28.5 Å². The molecule has 0 radical (unpaired) electrons. The van der Waals surface area contributed by atoms with Gasteiger partial charge in [0.15, 0.2) is 11.5 Å². The molecule has 9 nitrogen and oxygen atoms in total. The van der Waals surface area contributed by atoms with Gasteiger partial charge >= 0.3 is 0 Å². The van der Waals surface area contributed by atoms with E-state index < -0.39 is 5.91 Å². The van der Waals surface area contributed by atoms with E-state index >= 15 is 0 Å². The second kappa shape index (κ2) is 11.3. The Labute approximate surface area is 175 Å². The molecule has 2 amide bonds. The molecule has 0 fully saturated rings. The number of hydrogen-bond donors (Lipinski definition) is 2. The summed E-state index contributed by atoms with van der Waals surface area (Å²) in [6.07, 6.45) is 1.43. The first-order valence-electron chi connectivity index (χ1n) is 9.15. The maximum Gasteiger partial charge on any atom is 0.259 e. The van der Waals surface area contributed by atoms with Gasteiger partial charge < -0.3 is 24.3 Å². The molecule has 0 saturated carbocycles. The second-order valence-corrected chi connectivity index (χ2v) is 5.89. The van der Waals surface area contributed by atoms with Crippen molar-refractivity contribution in [3.8, 4) is 23.0 Å². The Bertz CT molecular complexity index is 871. The van der Waals surface area contributed by atoms with Crippen LogP contribution in [0.25, 0.3) is 0 Å². The van der Waals surface area contributed by atoms with Gasteiger partial charge in [0, 0.05) is 11.1 Å². The first kappa shape index (κ1) is 22.5. The number of nitrogens with zero attached hydrogens (tertiary/aromatic N) is 1. The molecule has 0 unspecified atom stereocenters. The number of carbonyl (C=O) groups excluding carboxylic acids is 2. The lowest BCUT2D eigenvalue weighted by atomic mass is 10.2. The Kier molecular flexibility index (Phi) is 8.49. The Hall–Kier alpha value is -3.75. The molecule has 30 heavy (non-hydrogen) atoms. The van der Waals surface area contributed by atoms with E-state index in [9.17, 15) is 9.59 Å². The van der Waals surface area contributed by atoms with Gasteiger partial charge in [-0.25, -0.2) is 5.43 Å². The summed E-state index contributed by atoms with van der Waals surface area (Å²) in [6, 6.07) is 10.0. The van der Waals surface area contributed by atoms with Gasteiger partial charge in [0.2, 0.25) is 5.75 Å². The van der Waals surface area contributed by atoms with Gasteiger partial charge in [-0.05, 0) is 43.3 Å². The molecular formula is C21H25N3O6. The molecule has 160 valence electrons. The number of carbonyl (C=O) groups is 2. The molecule has 0 aromatic heterocycles. The summed E-state index contributed by atoms with van der Waals surface area (Å²) in [4.78, 5) is 24.0. The number of methoxy groups -OCH3 is 3. The number of hydrogen-bond acceptors (Lipinski definition) is 7. The highest BCUT2D eigenvalue weighted by molar-refractivity contribution is 5.96. The third kappa shape index (κ3) is 6.13. The number of nitrogens with one attached hydrogen (secondary N) is 2. The predicted octanol–water partition coefficient (Wildman–Crippen LogP) is 1.99. The molecule has 0 spiro atoms. The third-order valence-electron chi connectivity index (χ3n) is 3.93. The Balaban J connectivity index is 1.89. The number of rotatable bonds is 10. The molecule has 0 atom stereocenters. The first-order chi connectivity index (χ1) is 14.5. The Morgan fingerprint density at radius 2 is 1.63 bits per heavy atom. The normalized spacial score (nSPS) is 10.4. The van der Waals surface area contributed by atoms with Crippen molar-refractivity contribution in [1.29, 1.82) is 0 Å². The molecule has 0 saturated heterocycles. The summed E-state index contributed by atoms with van der Waals surface area (Å²) in [5.74, 6) is 1.21. The van der Waals surface area contributed by atoms with Crippen LogP contribution in [0.1, 0.15) is 22.8 Å². The van der Waals surface area contributed by atoms with Gasteiger partial charge in [-0.3, -0.25) is 9.59 Å². The van der Waals surface area contributed by atoms with E-state index in [2.05, 4.69) is 15.8 Å². The number of amides is 2. The van der Waals surface area contributed by atoms with Crippen LogP contribution < -0.4 is 29.7 Å². The lowest BCUT2D eigenvalue weighted by Gasteiger charge is -2.12. The molecule has 0 aliphatic carbocycles. The Morgan fingerprint density at radius 1 is 1.00 bits per heavy atom. The van der Waals surface area contributed by atoms with E-state index in [0.717, 1.165) is 0 Å². The molecule has 2 aromatic carbocycles. The van der Waals surface area contributed by atoms with Crippen LogP contribution >= 0.6 is 0 Å². The van der Waals surface area contributed by atoms with Crippen molar-refractivity contribution in [3.63, 3.8) is 0 Å². The van der Waals surface area contributed by atoms with Crippen LogP contribution in [-0.4, -0.2) is 52.5 Å². The molecule has 0 heterocycles. The zero-order valence-corrected chi connectivity index (χ0v) is 17.4. The first-order valence-corrected chi connectivity index (χ1v) is 9.15. The molecule has 2 aromatic rings. The average Bonchev–Trinajstić information content (AvgIpc) is 2.77. The maximum atomic E-state index is 12.1. The van der Waals surface area contributed by atoms with Crippen LogP contribution in [0, 0.1) is 0 Å². The van der Waals surface area contributed by atoms with E-state index in [1.165, 1.54) is 27.5 Å². The summed E-state index contributed by atoms with van der Waals surface area (Å²) in [6.45, 7) is 2.20. The molecule has 0 bridgehead atoms. The third-order valence-corrected chi connectivity index (χ3v) is 3.93. The summed E-state index contributed by atoms with van der Waals surface area (Å²) >= 11 is 0. The predicted molar refractivity (Wildman–Crippen MR) is 112 cm³/mol. The molecule has 2 rings (SSSR count). The zero-order chi connectivity index (χ0) is 21.9. The Morgan fingerprint density at radius 3 is 2.17 bits per heavy atom. The van der Waals surface area contributed by atoms with Gasteiger partial charge in [0.25, 0.3) is 11.8 Å². The summed E-state index contributed by atoms with van der Waals surface area (Å²) in [5, 5.41) is 6.41. The second-order valence-electron chi connectivity index (χ2n) is 5.89. The van der Waals surface area contributed by atoms with Crippen LogP contribution in [0.5, 0.6) is 23.0 Å². The van der Waals surface area contributed by atoms with Gasteiger partial charge in [0.1, 0.15) is 5.75 Å².